The van der Waals surface area contributed by atoms with Crippen LogP contribution in [-0.4, -0.2) is 33.7 Å². The van der Waals surface area contributed by atoms with Crippen LogP contribution in [0.2, 0.25) is 0 Å². The lowest BCUT2D eigenvalue weighted by molar-refractivity contribution is 0.0316. The van der Waals surface area contributed by atoms with Crippen molar-refractivity contribution in [2.75, 3.05) is 0 Å². The predicted octanol–water partition coefficient (Wildman–Crippen LogP) is 3.28. The Morgan fingerprint density at radius 3 is 2.32 bits per heavy atom. The van der Waals surface area contributed by atoms with Gasteiger partial charge in [-0.2, -0.15) is 0 Å². The van der Waals surface area contributed by atoms with Crippen LogP contribution >= 0.6 is 0 Å². The first-order valence-corrected chi connectivity index (χ1v) is 7.88. The normalized spacial score (nSPS) is 11.9. The largest absolute Gasteiger partial charge is 0.508 e. The number of aryl methyl sites for hydroxylation is 2. The Bertz CT molecular complexity index is 863. The van der Waals surface area contributed by atoms with Crippen molar-refractivity contribution in [1.82, 2.24) is 4.98 Å². The Balaban J connectivity index is 2.20. The van der Waals surface area contributed by atoms with Gasteiger partial charge < -0.3 is 14.8 Å². The lowest BCUT2D eigenvalue weighted by atomic mass is 10.0. The molecule has 0 aliphatic carbocycles. The third-order valence-corrected chi connectivity index (χ3v) is 4.13. The quantitative estimate of drug-likeness (QED) is 0.641. The fourth-order valence-electron chi connectivity index (χ4n) is 2.75. The minimum atomic E-state index is -1.03. The summed E-state index contributed by atoms with van der Waals surface area (Å²) in [6, 6.07) is 4.41. The molecule has 132 valence electrons. The standard InChI is InChI=1S/C19H21NO5/c1-9-6-7-14(8-15(9)22)19(24)25-13(5)18(23)17-10(2)16(12(4)21)11(3)20-17/h6-8,13,20,22H,1-5H3/t13-/m1/s1. The van der Waals surface area contributed by atoms with Crippen molar-refractivity contribution in [3.63, 3.8) is 0 Å². The highest BCUT2D eigenvalue weighted by Crippen LogP contribution is 2.22. The molecule has 0 saturated carbocycles. The SMILES string of the molecule is CC(=O)c1c(C)[nH]c(C(=O)[C@@H](C)OC(=O)c2ccc(C)c(O)c2)c1C. The molecule has 25 heavy (non-hydrogen) atoms. The lowest BCUT2D eigenvalue weighted by Crippen LogP contribution is -2.25. The molecule has 0 saturated heterocycles. The van der Waals surface area contributed by atoms with E-state index in [-0.39, 0.29) is 22.8 Å². The summed E-state index contributed by atoms with van der Waals surface area (Å²) in [5.74, 6) is -1.28. The number of aromatic amines is 1. The summed E-state index contributed by atoms with van der Waals surface area (Å²) in [4.78, 5) is 39.3. The maximum Gasteiger partial charge on any atom is 0.338 e. The average molecular weight is 343 g/mol. The molecule has 2 N–H and O–H groups in total. The highest BCUT2D eigenvalue weighted by atomic mass is 16.5. The molecule has 6 nitrogen and oxygen atoms in total. The van der Waals surface area contributed by atoms with Crippen LogP contribution in [0.1, 0.15) is 61.9 Å². The van der Waals surface area contributed by atoms with Crippen LogP contribution in [-0.2, 0) is 4.74 Å². The van der Waals surface area contributed by atoms with E-state index in [2.05, 4.69) is 4.98 Å². The zero-order valence-electron chi connectivity index (χ0n) is 14.9. The van der Waals surface area contributed by atoms with E-state index in [9.17, 15) is 19.5 Å². The number of ether oxygens (including phenoxy) is 1. The third kappa shape index (κ3) is 3.63. The van der Waals surface area contributed by atoms with Crippen LogP contribution < -0.4 is 0 Å². The van der Waals surface area contributed by atoms with Gasteiger partial charge in [-0.1, -0.05) is 6.07 Å². The van der Waals surface area contributed by atoms with Crippen LogP contribution in [0.3, 0.4) is 0 Å². The van der Waals surface area contributed by atoms with Gasteiger partial charge in [0.1, 0.15) is 5.75 Å². The first kappa shape index (κ1) is 18.4. The summed E-state index contributed by atoms with van der Waals surface area (Å²) >= 11 is 0. The molecule has 0 aliphatic rings. The molecular formula is C19H21NO5. The van der Waals surface area contributed by atoms with Gasteiger partial charge in [-0.25, -0.2) is 4.79 Å². The van der Waals surface area contributed by atoms with E-state index >= 15 is 0 Å². The summed E-state index contributed by atoms with van der Waals surface area (Å²) in [7, 11) is 0. The second kappa shape index (κ2) is 6.93. The van der Waals surface area contributed by atoms with Crippen LogP contribution in [0.4, 0.5) is 0 Å². The molecule has 0 aliphatic heterocycles. The van der Waals surface area contributed by atoms with Crippen LogP contribution in [0, 0.1) is 20.8 Å². The summed E-state index contributed by atoms with van der Waals surface area (Å²) < 4.78 is 5.21. The summed E-state index contributed by atoms with van der Waals surface area (Å²) in [6.45, 7) is 8.01. The first-order valence-electron chi connectivity index (χ1n) is 7.88. The number of phenols is 1. The molecule has 0 unspecified atom stereocenters. The van der Waals surface area contributed by atoms with Gasteiger partial charge in [0.05, 0.1) is 11.3 Å². The summed E-state index contributed by atoms with van der Waals surface area (Å²) in [6.07, 6.45) is -1.03. The third-order valence-electron chi connectivity index (χ3n) is 4.13. The monoisotopic (exact) mass is 343 g/mol. The van der Waals surface area contributed by atoms with Gasteiger partial charge >= 0.3 is 5.97 Å². The van der Waals surface area contributed by atoms with E-state index in [0.29, 0.717) is 22.4 Å². The fourth-order valence-corrected chi connectivity index (χ4v) is 2.75. The predicted molar refractivity (Wildman–Crippen MR) is 92.3 cm³/mol. The zero-order valence-corrected chi connectivity index (χ0v) is 14.9. The van der Waals surface area contributed by atoms with E-state index in [0.717, 1.165) is 0 Å². The number of hydrogen-bond donors (Lipinski definition) is 2. The molecule has 0 radical (unpaired) electrons. The molecule has 6 heteroatoms. The van der Waals surface area contributed by atoms with Crippen LogP contribution in [0.15, 0.2) is 18.2 Å². The highest BCUT2D eigenvalue weighted by Gasteiger charge is 2.26. The summed E-state index contributed by atoms with van der Waals surface area (Å²) in [5, 5.41) is 9.68. The van der Waals surface area contributed by atoms with Crippen molar-refractivity contribution in [2.45, 2.75) is 40.7 Å². The van der Waals surface area contributed by atoms with Crippen LogP contribution in [0.25, 0.3) is 0 Å². The number of esters is 1. The van der Waals surface area contributed by atoms with Gasteiger partial charge in [-0.3, -0.25) is 9.59 Å². The highest BCUT2D eigenvalue weighted by molar-refractivity contribution is 6.05. The number of hydrogen-bond acceptors (Lipinski definition) is 5. The fraction of sp³-hybridized carbons (Fsp3) is 0.316. The number of nitrogens with one attached hydrogen (secondary N) is 1. The molecule has 1 aromatic heterocycles. The zero-order chi connectivity index (χ0) is 18.9. The van der Waals surface area contributed by atoms with Gasteiger partial charge in [0.15, 0.2) is 11.9 Å². The number of Topliss-reactive ketones (excluding diaryl/α,β-unsaturated/α-hetero) is 2. The number of benzene rings is 1. The maximum atomic E-state index is 12.6. The minimum absolute atomic E-state index is 0.0182. The number of carbonyl (C=O) groups is 3. The van der Waals surface area contributed by atoms with Crippen molar-refractivity contribution in [3.05, 3.63) is 51.8 Å². The minimum Gasteiger partial charge on any atom is -0.508 e. The molecule has 0 fully saturated rings. The van der Waals surface area contributed by atoms with Crippen molar-refractivity contribution in [2.24, 2.45) is 0 Å². The van der Waals surface area contributed by atoms with Crippen molar-refractivity contribution < 1.29 is 24.2 Å². The van der Waals surface area contributed by atoms with E-state index < -0.39 is 17.9 Å². The molecule has 1 aromatic carbocycles. The molecule has 2 rings (SSSR count). The number of H-pyrrole nitrogens is 1. The topological polar surface area (TPSA) is 96.5 Å². The number of aromatic nitrogens is 1. The number of ketones is 2. The van der Waals surface area contributed by atoms with Crippen molar-refractivity contribution >= 4 is 17.5 Å². The smallest absolute Gasteiger partial charge is 0.338 e. The first-order chi connectivity index (χ1) is 11.6. The molecule has 0 spiro atoms. The van der Waals surface area contributed by atoms with E-state index in [1.54, 1.807) is 26.8 Å². The number of rotatable bonds is 5. The molecule has 0 amide bonds. The van der Waals surface area contributed by atoms with Crippen molar-refractivity contribution in [1.29, 1.82) is 0 Å². The van der Waals surface area contributed by atoms with Gasteiger partial charge in [-0.05, 0) is 57.9 Å². The Labute approximate surface area is 145 Å². The van der Waals surface area contributed by atoms with Gasteiger partial charge in [0, 0.05) is 11.3 Å². The summed E-state index contributed by atoms with van der Waals surface area (Å²) in [5.41, 5.74) is 2.68. The van der Waals surface area contributed by atoms with Gasteiger partial charge in [0.25, 0.3) is 0 Å². The van der Waals surface area contributed by atoms with E-state index in [4.69, 9.17) is 4.74 Å². The van der Waals surface area contributed by atoms with Gasteiger partial charge in [0.2, 0.25) is 5.78 Å². The second-order valence-electron chi connectivity index (χ2n) is 6.09. The van der Waals surface area contributed by atoms with E-state index in [1.165, 1.54) is 26.0 Å². The number of phenolic OH excluding ortho intramolecular Hbond substituents is 1. The van der Waals surface area contributed by atoms with E-state index in [1.807, 2.05) is 0 Å². The maximum absolute atomic E-state index is 12.6. The second-order valence-corrected chi connectivity index (χ2v) is 6.09. The Kier molecular flexibility index (Phi) is 5.11. The average Bonchev–Trinajstić information content (AvgIpc) is 2.83. The molecular weight excluding hydrogens is 322 g/mol. The Morgan fingerprint density at radius 2 is 1.80 bits per heavy atom. The van der Waals surface area contributed by atoms with Gasteiger partial charge in [-0.15, -0.1) is 0 Å². The molecule has 1 heterocycles. The Morgan fingerprint density at radius 1 is 1.16 bits per heavy atom. The van der Waals surface area contributed by atoms with Crippen LogP contribution in [0.5, 0.6) is 5.75 Å². The number of carbonyl (C=O) groups excluding carboxylic acids is 3. The lowest BCUT2D eigenvalue weighted by Gasteiger charge is -2.12. The number of aromatic hydroxyl groups is 1. The Hall–Kier alpha value is -2.89. The molecule has 1 atom stereocenters. The van der Waals surface area contributed by atoms with Crippen molar-refractivity contribution in [3.8, 4) is 5.75 Å². The molecule has 0 bridgehead atoms. The molecule has 2 aromatic rings.